The number of aromatic nitrogens is 3. The summed E-state index contributed by atoms with van der Waals surface area (Å²) in [6.45, 7) is 1.70. The number of sulfonamides is 1. The van der Waals surface area contributed by atoms with Crippen LogP contribution in [0.3, 0.4) is 0 Å². The van der Waals surface area contributed by atoms with Gasteiger partial charge in [0, 0.05) is 11.4 Å². The lowest BCUT2D eigenvalue weighted by Crippen LogP contribution is -2.24. The quantitative estimate of drug-likeness (QED) is 0.527. The SMILES string of the molecule is CC(C(=O)Nc1ccc(NC(=O)c2ccccc2NS(C)(=O)=O)cc1)n1cncn1. The van der Waals surface area contributed by atoms with Crippen molar-refractivity contribution in [2.75, 3.05) is 21.6 Å². The Kier molecular flexibility index (Phi) is 6.11. The van der Waals surface area contributed by atoms with Crippen LogP contribution in [0, 0.1) is 0 Å². The molecule has 3 aromatic rings. The minimum Gasteiger partial charge on any atom is -0.324 e. The number of benzene rings is 2. The first-order valence-electron chi connectivity index (χ1n) is 8.86. The Balaban J connectivity index is 1.66. The summed E-state index contributed by atoms with van der Waals surface area (Å²) < 4.78 is 26.8. The molecular formula is C19H20N6O4S. The minimum atomic E-state index is -3.53. The second kappa shape index (κ2) is 8.74. The molecule has 1 aromatic heterocycles. The fourth-order valence-corrected chi connectivity index (χ4v) is 3.17. The normalized spacial score (nSPS) is 12.1. The number of nitrogens with one attached hydrogen (secondary N) is 3. The molecule has 2 amide bonds. The Morgan fingerprint density at radius 1 is 1.00 bits per heavy atom. The van der Waals surface area contributed by atoms with Gasteiger partial charge in [0.15, 0.2) is 0 Å². The van der Waals surface area contributed by atoms with E-state index in [9.17, 15) is 18.0 Å². The highest BCUT2D eigenvalue weighted by atomic mass is 32.2. The topological polar surface area (TPSA) is 135 Å². The summed E-state index contributed by atoms with van der Waals surface area (Å²) in [5.41, 5.74) is 1.39. The van der Waals surface area contributed by atoms with Crippen LogP contribution in [0.4, 0.5) is 17.1 Å². The van der Waals surface area contributed by atoms with Gasteiger partial charge in [0.2, 0.25) is 15.9 Å². The van der Waals surface area contributed by atoms with Crippen molar-refractivity contribution in [3.05, 3.63) is 66.7 Å². The molecule has 30 heavy (non-hydrogen) atoms. The van der Waals surface area contributed by atoms with Gasteiger partial charge in [-0.25, -0.2) is 18.1 Å². The molecule has 0 saturated heterocycles. The van der Waals surface area contributed by atoms with E-state index in [1.807, 2.05) is 0 Å². The molecule has 0 saturated carbocycles. The number of carbonyl (C=O) groups excluding carboxylic acids is 2. The maximum atomic E-state index is 12.6. The number of nitrogens with zero attached hydrogens (tertiary/aromatic N) is 3. The number of amides is 2. The summed E-state index contributed by atoms with van der Waals surface area (Å²) in [6.07, 6.45) is 3.82. The molecule has 11 heteroatoms. The maximum Gasteiger partial charge on any atom is 0.257 e. The zero-order chi connectivity index (χ0) is 21.7. The van der Waals surface area contributed by atoms with Crippen molar-refractivity contribution >= 4 is 38.9 Å². The van der Waals surface area contributed by atoms with E-state index in [0.29, 0.717) is 11.4 Å². The van der Waals surface area contributed by atoms with Crippen molar-refractivity contribution in [3.63, 3.8) is 0 Å². The van der Waals surface area contributed by atoms with Gasteiger partial charge < -0.3 is 10.6 Å². The molecule has 0 aliphatic heterocycles. The van der Waals surface area contributed by atoms with Crippen LogP contribution in [0.15, 0.2) is 61.2 Å². The number of para-hydroxylation sites is 1. The molecule has 1 atom stereocenters. The minimum absolute atomic E-state index is 0.182. The highest BCUT2D eigenvalue weighted by Gasteiger charge is 2.16. The molecule has 0 bridgehead atoms. The van der Waals surface area contributed by atoms with Crippen molar-refractivity contribution in [2.24, 2.45) is 0 Å². The van der Waals surface area contributed by atoms with Crippen molar-refractivity contribution < 1.29 is 18.0 Å². The third-order valence-corrected chi connectivity index (χ3v) is 4.68. The van der Waals surface area contributed by atoms with Crippen LogP contribution in [0.25, 0.3) is 0 Å². The van der Waals surface area contributed by atoms with Crippen LogP contribution in [0.2, 0.25) is 0 Å². The Morgan fingerprint density at radius 3 is 2.23 bits per heavy atom. The Bertz CT molecular complexity index is 1140. The highest BCUT2D eigenvalue weighted by Crippen LogP contribution is 2.20. The average Bonchev–Trinajstić information content (AvgIpc) is 3.22. The molecule has 1 unspecified atom stereocenters. The number of hydrogen-bond donors (Lipinski definition) is 3. The third-order valence-electron chi connectivity index (χ3n) is 4.09. The van der Waals surface area contributed by atoms with Gasteiger partial charge in [0.05, 0.1) is 17.5 Å². The van der Waals surface area contributed by atoms with E-state index in [2.05, 4.69) is 25.4 Å². The summed E-state index contributed by atoms with van der Waals surface area (Å²) in [5, 5.41) is 9.40. The molecule has 3 rings (SSSR count). The predicted molar refractivity (Wildman–Crippen MR) is 113 cm³/mol. The first kappa shape index (κ1) is 21.0. The highest BCUT2D eigenvalue weighted by molar-refractivity contribution is 7.92. The zero-order valence-electron chi connectivity index (χ0n) is 16.2. The Morgan fingerprint density at radius 2 is 1.63 bits per heavy atom. The fraction of sp³-hybridized carbons (Fsp3) is 0.158. The number of anilines is 3. The van der Waals surface area contributed by atoms with Crippen LogP contribution in [0.5, 0.6) is 0 Å². The van der Waals surface area contributed by atoms with Gasteiger partial charge in [0.25, 0.3) is 5.91 Å². The first-order chi connectivity index (χ1) is 14.2. The van der Waals surface area contributed by atoms with Crippen molar-refractivity contribution in [1.29, 1.82) is 0 Å². The number of rotatable bonds is 7. The Labute approximate surface area is 173 Å². The van der Waals surface area contributed by atoms with Gasteiger partial charge in [-0.3, -0.25) is 14.3 Å². The van der Waals surface area contributed by atoms with E-state index in [1.165, 1.54) is 29.5 Å². The Hall–Kier alpha value is -3.73. The summed E-state index contributed by atoms with van der Waals surface area (Å²) in [5.74, 6) is -0.739. The van der Waals surface area contributed by atoms with E-state index < -0.39 is 22.0 Å². The van der Waals surface area contributed by atoms with Crippen LogP contribution < -0.4 is 15.4 Å². The largest absolute Gasteiger partial charge is 0.324 e. The number of carbonyl (C=O) groups is 2. The van der Waals surface area contributed by atoms with Crippen LogP contribution in [-0.2, 0) is 14.8 Å². The van der Waals surface area contributed by atoms with Gasteiger partial charge >= 0.3 is 0 Å². The van der Waals surface area contributed by atoms with E-state index in [4.69, 9.17) is 0 Å². The molecule has 10 nitrogen and oxygen atoms in total. The predicted octanol–water partition coefficient (Wildman–Crippen LogP) is 2.10. The molecule has 0 radical (unpaired) electrons. The van der Waals surface area contributed by atoms with Crippen LogP contribution in [0.1, 0.15) is 23.3 Å². The van der Waals surface area contributed by atoms with Crippen LogP contribution in [-0.4, -0.2) is 41.3 Å². The average molecular weight is 428 g/mol. The molecule has 1 heterocycles. The maximum absolute atomic E-state index is 12.6. The number of hydrogen-bond acceptors (Lipinski definition) is 6. The van der Waals surface area contributed by atoms with E-state index in [0.717, 1.165) is 6.26 Å². The fourth-order valence-electron chi connectivity index (χ4n) is 2.59. The molecule has 156 valence electrons. The molecule has 0 fully saturated rings. The summed E-state index contributed by atoms with van der Waals surface area (Å²) >= 11 is 0. The van der Waals surface area contributed by atoms with E-state index >= 15 is 0 Å². The molecular weight excluding hydrogens is 408 g/mol. The van der Waals surface area contributed by atoms with Gasteiger partial charge in [-0.1, -0.05) is 12.1 Å². The lowest BCUT2D eigenvalue weighted by Gasteiger charge is -2.13. The smallest absolute Gasteiger partial charge is 0.257 e. The van der Waals surface area contributed by atoms with Crippen molar-refractivity contribution in [2.45, 2.75) is 13.0 Å². The van der Waals surface area contributed by atoms with Crippen LogP contribution >= 0.6 is 0 Å². The van der Waals surface area contributed by atoms with E-state index in [-0.39, 0.29) is 17.2 Å². The summed E-state index contributed by atoms with van der Waals surface area (Å²) in [4.78, 5) is 28.7. The summed E-state index contributed by atoms with van der Waals surface area (Å²) in [7, 11) is -3.53. The molecule has 0 aliphatic rings. The van der Waals surface area contributed by atoms with Gasteiger partial charge in [-0.05, 0) is 43.3 Å². The lowest BCUT2D eigenvalue weighted by molar-refractivity contribution is -0.119. The molecule has 0 spiro atoms. The lowest BCUT2D eigenvalue weighted by atomic mass is 10.1. The molecule has 0 aliphatic carbocycles. The standard InChI is InChI=1S/C19H20N6O4S/c1-13(25-12-20-11-21-25)18(26)22-14-7-9-15(10-8-14)23-19(27)16-5-3-4-6-17(16)24-30(2,28)29/h3-13,24H,1-2H3,(H,22,26)(H,23,27). The second-order valence-corrected chi connectivity index (χ2v) is 8.24. The monoisotopic (exact) mass is 428 g/mol. The third kappa shape index (κ3) is 5.41. The van der Waals surface area contributed by atoms with Gasteiger partial charge in [0.1, 0.15) is 18.7 Å². The molecule has 3 N–H and O–H groups in total. The van der Waals surface area contributed by atoms with Crippen molar-refractivity contribution in [1.82, 2.24) is 14.8 Å². The molecule has 2 aromatic carbocycles. The summed E-state index contributed by atoms with van der Waals surface area (Å²) in [6, 6.07) is 12.3. The van der Waals surface area contributed by atoms with Gasteiger partial charge in [-0.2, -0.15) is 5.10 Å². The first-order valence-corrected chi connectivity index (χ1v) is 10.8. The van der Waals surface area contributed by atoms with E-state index in [1.54, 1.807) is 43.3 Å². The second-order valence-electron chi connectivity index (χ2n) is 6.49. The van der Waals surface area contributed by atoms with Gasteiger partial charge in [-0.15, -0.1) is 0 Å². The zero-order valence-corrected chi connectivity index (χ0v) is 17.1. The van der Waals surface area contributed by atoms with Crippen molar-refractivity contribution in [3.8, 4) is 0 Å².